The van der Waals surface area contributed by atoms with E-state index in [4.69, 9.17) is 14.2 Å². The van der Waals surface area contributed by atoms with Gasteiger partial charge in [0, 0.05) is 25.8 Å². The van der Waals surface area contributed by atoms with Crippen molar-refractivity contribution in [3.63, 3.8) is 0 Å². The second-order valence-electron chi connectivity index (χ2n) is 10.6. The number of amides is 1. The van der Waals surface area contributed by atoms with Crippen LogP contribution in [-0.4, -0.2) is 70.0 Å². The van der Waals surface area contributed by atoms with Crippen LogP contribution < -0.4 is 0 Å². The normalized spacial score (nSPS) is 33.3. The van der Waals surface area contributed by atoms with Gasteiger partial charge in [0.05, 0.1) is 18.8 Å². The number of piperidine rings is 1. The first kappa shape index (κ1) is 25.9. The lowest BCUT2D eigenvalue weighted by Gasteiger charge is -2.50. The van der Waals surface area contributed by atoms with Gasteiger partial charge in [0.15, 0.2) is 5.72 Å². The minimum absolute atomic E-state index is 0.0167. The van der Waals surface area contributed by atoms with Crippen LogP contribution in [0.4, 0.5) is 4.79 Å². The second-order valence-corrected chi connectivity index (χ2v) is 10.6. The highest BCUT2D eigenvalue weighted by Crippen LogP contribution is 2.47. The second kappa shape index (κ2) is 10.0. The fourth-order valence-corrected chi connectivity index (χ4v) is 4.81. The van der Waals surface area contributed by atoms with Crippen molar-refractivity contribution in [3.8, 4) is 0 Å². The minimum Gasteiger partial charge on any atom is -0.466 e. The van der Waals surface area contributed by atoms with E-state index in [1.165, 1.54) is 6.92 Å². The standard InChI is InChI=1S/C23H41NO7/c1-14(8-9-29-17(4)25)11-18(26)20-19(27)12-23(30-20)16(3)10-15(2)13-24(23)21(28)31-22(5,6)7/h14-16,18-20,26-27H,8-13H2,1-7H3/t14-,15-,16+,18-,19-,20-,23+/m1/s1. The Morgan fingerprint density at radius 3 is 2.52 bits per heavy atom. The van der Waals surface area contributed by atoms with Crippen molar-refractivity contribution in [1.29, 1.82) is 0 Å². The zero-order valence-electron chi connectivity index (χ0n) is 20.1. The number of carbonyl (C=O) groups excluding carboxylic acids is 2. The van der Waals surface area contributed by atoms with Gasteiger partial charge >= 0.3 is 12.1 Å². The summed E-state index contributed by atoms with van der Waals surface area (Å²) in [5, 5.41) is 21.7. The Morgan fingerprint density at radius 2 is 1.94 bits per heavy atom. The van der Waals surface area contributed by atoms with Crippen molar-refractivity contribution in [2.75, 3.05) is 13.2 Å². The molecule has 1 amide bonds. The highest BCUT2D eigenvalue weighted by atomic mass is 16.6. The summed E-state index contributed by atoms with van der Waals surface area (Å²) in [5.74, 6) is 0.00983. The van der Waals surface area contributed by atoms with Crippen molar-refractivity contribution in [2.45, 2.75) is 104 Å². The van der Waals surface area contributed by atoms with Gasteiger partial charge in [0.25, 0.3) is 0 Å². The van der Waals surface area contributed by atoms with Crippen molar-refractivity contribution >= 4 is 12.1 Å². The van der Waals surface area contributed by atoms with E-state index < -0.39 is 35.7 Å². The van der Waals surface area contributed by atoms with Gasteiger partial charge < -0.3 is 24.4 Å². The SMILES string of the molecule is CC(=O)OCC[C@@H](C)C[C@@H](O)[C@H]1O[C@@]2(C[C@H]1O)[C@@H](C)C[C@@H](C)CN2C(=O)OC(C)(C)C. The number of nitrogens with zero attached hydrogens (tertiary/aromatic N) is 1. The highest BCUT2D eigenvalue weighted by Gasteiger charge is 2.58. The lowest BCUT2D eigenvalue weighted by Crippen LogP contribution is -2.61. The van der Waals surface area contributed by atoms with Crippen molar-refractivity contribution in [3.05, 3.63) is 0 Å². The zero-order valence-corrected chi connectivity index (χ0v) is 20.1. The largest absolute Gasteiger partial charge is 0.466 e. The van der Waals surface area contributed by atoms with Crippen molar-refractivity contribution in [2.24, 2.45) is 17.8 Å². The van der Waals surface area contributed by atoms with Crippen molar-refractivity contribution < 1.29 is 34.0 Å². The summed E-state index contributed by atoms with van der Waals surface area (Å²) in [5.41, 5.74) is -1.64. The monoisotopic (exact) mass is 443 g/mol. The van der Waals surface area contributed by atoms with Crippen LogP contribution in [0.3, 0.4) is 0 Å². The Hall–Kier alpha value is -1.38. The van der Waals surface area contributed by atoms with E-state index in [9.17, 15) is 19.8 Å². The fourth-order valence-electron chi connectivity index (χ4n) is 4.81. The van der Waals surface area contributed by atoms with Gasteiger partial charge in [0.1, 0.15) is 11.7 Å². The third-order valence-corrected chi connectivity index (χ3v) is 6.25. The number of esters is 1. The molecule has 0 unspecified atom stereocenters. The van der Waals surface area contributed by atoms with Gasteiger partial charge in [-0.2, -0.15) is 0 Å². The molecule has 2 N–H and O–H groups in total. The summed E-state index contributed by atoms with van der Waals surface area (Å²) in [4.78, 5) is 25.6. The Bertz CT molecular complexity index is 634. The lowest BCUT2D eigenvalue weighted by atomic mass is 9.80. The maximum absolute atomic E-state index is 13.0. The molecule has 2 saturated heterocycles. The molecule has 0 bridgehead atoms. The molecular weight excluding hydrogens is 402 g/mol. The number of hydrogen-bond donors (Lipinski definition) is 2. The summed E-state index contributed by atoms with van der Waals surface area (Å²) in [6.45, 7) is 13.7. The molecule has 0 saturated carbocycles. The average molecular weight is 444 g/mol. The molecule has 180 valence electrons. The minimum atomic E-state index is -0.999. The molecule has 0 aromatic rings. The van der Waals surface area contributed by atoms with E-state index in [-0.39, 0.29) is 30.1 Å². The van der Waals surface area contributed by atoms with Gasteiger partial charge in [0.2, 0.25) is 0 Å². The number of aliphatic hydroxyl groups is 2. The predicted octanol–water partition coefficient (Wildman–Crippen LogP) is 3.09. The van der Waals surface area contributed by atoms with Crippen LogP contribution in [-0.2, 0) is 19.0 Å². The number of ether oxygens (including phenoxy) is 3. The molecule has 2 rings (SSSR count). The summed E-state index contributed by atoms with van der Waals surface area (Å²) in [7, 11) is 0. The fraction of sp³-hybridized carbons (Fsp3) is 0.913. The van der Waals surface area contributed by atoms with Crippen LogP contribution in [0.1, 0.15) is 74.1 Å². The third-order valence-electron chi connectivity index (χ3n) is 6.25. The first-order valence-electron chi connectivity index (χ1n) is 11.4. The number of rotatable bonds is 6. The van der Waals surface area contributed by atoms with E-state index in [0.29, 0.717) is 26.0 Å². The van der Waals surface area contributed by atoms with E-state index in [0.717, 1.165) is 6.42 Å². The molecule has 0 radical (unpaired) electrons. The molecule has 2 aliphatic rings. The molecule has 0 aromatic heterocycles. The van der Waals surface area contributed by atoms with Crippen LogP contribution in [0.2, 0.25) is 0 Å². The van der Waals surface area contributed by atoms with E-state index in [1.807, 2.05) is 34.6 Å². The van der Waals surface area contributed by atoms with Crippen LogP contribution >= 0.6 is 0 Å². The molecule has 0 aromatic carbocycles. The Balaban J connectivity index is 2.12. The van der Waals surface area contributed by atoms with Crippen LogP contribution in [0, 0.1) is 17.8 Å². The quantitative estimate of drug-likeness (QED) is 0.608. The molecule has 1 spiro atoms. The van der Waals surface area contributed by atoms with Crippen LogP contribution in [0.5, 0.6) is 0 Å². The van der Waals surface area contributed by atoms with Gasteiger partial charge in [-0.25, -0.2) is 4.79 Å². The number of aliphatic hydroxyl groups excluding tert-OH is 2. The Kier molecular flexibility index (Phi) is 8.39. The van der Waals surface area contributed by atoms with Crippen molar-refractivity contribution in [1.82, 2.24) is 4.90 Å². The van der Waals surface area contributed by atoms with E-state index in [2.05, 4.69) is 6.92 Å². The third kappa shape index (κ3) is 6.56. The molecule has 2 aliphatic heterocycles. The summed E-state index contributed by atoms with van der Waals surface area (Å²) in [6.07, 6.45) is -0.930. The maximum Gasteiger partial charge on any atom is 0.412 e. The number of hydrogen-bond acceptors (Lipinski definition) is 7. The Labute approximate surface area is 186 Å². The molecule has 8 nitrogen and oxygen atoms in total. The average Bonchev–Trinajstić information content (AvgIpc) is 2.95. The van der Waals surface area contributed by atoms with E-state index >= 15 is 0 Å². The first-order chi connectivity index (χ1) is 14.2. The molecule has 8 heteroatoms. The molecule has 7 atom stereocenters. The van der Waals surface area contributed by atoms with E-state index in [1.54, 1.807) is 4.90 Å². The molecule has 31 heavy (non-hydrogen) atoms. The smallest absolute Gasteiger partial charge is 0.412 e. The number of carbonyl (C=O) groups is 2. The molecule has 2 fully saturated rings. The van der Waals surface area contributed by atoms with Crippen LogP contribution in [0.15, 0.2) is 0 Å². The van der Waals surface area contributed by atoms with Gasteiger partial charge in [-0.3, -0.25) is 9.69 Å². The highest BCUT2D eigenvalue weighted by molar-refractivity contribution is 5.69. The van der Waals surface area contributed by atoms with Gasteiger partial charge in [-0.05, 0) is 51.9 Å². The summed E-state index contributed by atoms with van der Waals surface area (Å²) >= 11 is 0. The summed E-state index contributed by atoms with van der Waals surface area (Å²) < 4.78 is 17.0. The molecular formula is C23H41NO7. The number of likely N-dealkylation sites (tertiary alicyclic amines) is 1. The van der Waals surface area contributed by atoms with Crippen LogP contribution in [0.25, 0.3) is 0 Å². The van der Waals surface area contributed by atoms with Gasteiger partial charge in [-0.1, -0.05) is 20.8 Å². The zero-order chi connectivity index (χ0) is 23.6. The lowest BCUT2D eigenvalue weighted by molar-refractivity contribution is -0.209. The maximum atomic E-state index is 13.0. The Morgan fingerprint density at radius 1 is 1.29 bits per heavy atom. The topological polar surface area (TPSA) is 106 Å². The predicted molar refractivity (Wildman–Crippen MR) is 115 cm³/mol. The first-order valence-corrected chi connectivity index (χ1v) is 11.4. The molecule has 0 aliphatic carbocycles. The summed E-state index contributed by atoms with van der Waals surface area (Å²) in [6, 6.07) is 0. The molecule has 2 heterocycles. The van der Waals surface area contributed by atoms with Gasteiger partial charge in [-0.15, -0.1) is 0 Å².